The number of likely N-dealkylation sites (tertiary alicyclic amines) is 1. The first-order chi connectivity index (χ1) is 18.1. The molecule has 6 heteroatoms. The second kappa shape index (κ2) is 12.0. The summed E-state index contributed by atoms with van der Waals surface area (Å²) in [6.45, 7) is 3.54. The summed E-state index contributed by atoms with van der Waals surface area (Å²) in [5.41, 5.74) is 2.63. The molecule has 2 fully saturated rings. The number of carbonyl (C=O) groups is 1. The van der Waals surface area contributed by atoms with Gasteiger partial charge in [-0.1, -0.05) is 37.5 Å². The van der Waals surface area contributed by atoms with Gasteiger partial charge in [0.2, 0.25) is 0 Å². The first-order valence-electron chi connectivity index (χ1n) is 13.7. The molecule has 0 spiro atoms. The van der Waals surface area contributed by atoms with Gasteiger partial charge in [-0.25, -0.2) is 0 Å². The number of benzene rings is 2. The van der Waals surface area contributed by atoms with Gasteiger partial charge < -0.3 is 14.4 Å². The zero-order chi connectivity index (χ0) is 25.6. The number of pyridine rings is 1. The van der Waals surface area contributed by atoms with Crippen LogP contribution in [0.2, 0.25) is 0 Å². The third kappa shape index (κ3) is 6.07. The SMILES string of the molecule is COc1ccc(C(=O)N(Cc2cnc3ccccc3c2)CC2CCCN2CC2CCCCC2)cc1OC. The Balaban J connectivity index is 1.39. The Morgan fingerprint density at radius 2 is 1.78 bits per heavy atom. The summed E-state index contributed by atoms with van der Waals surface area (Å²) in [5.74, 6) is 2.01. The van der Waals surface area contributed by atoms with Crippen molar-refractivity contribution in [1.82, 2.24) is 14.8 Å². The summed E-state index contributed by atoms with van der Waals surface area (Å²) in [4.78, 5) is 23.3. The predicted molar refractivity (Wildman–Crippen MR) is 147 cm³/mol. The monoisotopic (exact) mass is 501 g/mol. The molecule has 1 amide bonds. The van der Waals surface area contributed by atoms with E-state index in [2.05, 4.69) is 22.0 Å². The first-order valence-corrected chi connectivity index (χ1v) is 13.7. The molecular formula is C31H39N3O3. The highest BCUT2D eigenvalue weighted by Gasteiger charge is 2.31. The normalized spacial score (nSPS) is 18.7. The number of hydrogen-bond donors (Lipinski definition) is 0. The molecule has 0 radical (unpaired) electrons. The molecule has 1 atom stereocenters. The van der Waals surface area contributed by atoms with E-state index in [9.17, 15) is 4.79 Å². The van der Waals surface area contributed by atoms with Crippen LogP contribution in [0.25, 0.3) is 10.9 Å². The Kier molecular flexibility index (Phi) is 8.24. The van der Waals surface area contributed by atoms with Gasteiger partial charge in [-0.3, -0.25) is 14.7 Å². The van der Waals surface area contributed by atoms with Crippen molar-refractivity contribution in [2.45, 2.75) is 57.5 Å². The third-order valence-corrected chi connectivity index (χ3v) is 8.09. The van der Waals surface area contributed by atoms with Gasteiger partial charge in [-0.05, 0) is 74.0 Å². The number of hydrogen-bond acceptors (Lipinski definition) is 5. The molecule has 1 aliphatic carbocycles. The molecule has 1 saturated carbocycles. The molecular weight excluding hydrogens is 462 g/mol. The zero-order valence-electron chi connectivity index (χ0n) is 22.2. The predicted octanol–water partition coefficient (Wildman–Crippen LogP) is 5.94. The lowest BCUT2D eigenvalue weighted by molar-refractivity contribution is 0.0675. The summed E-state index contributed by atoms with van der Waals surface area (Å²) >= 11 is 0. The topological polar surface area (TPSA) is 54.9 Å². The molecule has 0 bridgehead atoms. The van der Waals surface area contributed by atoms with E-state index in [0.29, 0.717) is 36.2 Å². The van der Waals surface area contributed by atoms with Gasteiger partial charge in [-0.15, -0.1) is 0 Å². The van der Waals surface area contributed by atoms with Crippen LogP contribution in [0.1, 0.15) is 60.9 Å². The van der Waals surface area contributed by atoms with Crippen molar-refractivity contribution in [2.75, 3.05) is 33.9 Å². The van der Waals surface area contributed by atoms with Crippen LogP contribution in [0, 0.1) is 5.92 Å². The van der Waals surface area contributed by atoms with Crippen LogP contribution in [-0.4, -0.2) is 60.6 Å². The maximum absolute atomic E-state index is 14.0. The van der Waals surface area contributed by atoms with Crippen LogP contribution < -0.4 is 9.47 Å². The average Bonchev–Trinajstić information content (AvgIpc) is 3.38. The van der Waals surface area contributed by atoms with Crippen molar-refractivity contribution < 1.29 is 14.3 Å². The lowest BCUT2D eigenvalue weighted by Crippen LogP contribution is -2.44. The van der Waals surface area contributed by atoms with Gasteiger partial charge in [0.1, 0.15) is 0 Å². The minimum Gasteiger partial charge on any atom is -0.493 e. The lowest BCUT2D eigenvalue weighted by Gasteiger charge is -2.34. The van der Waals surface area contributed by atoms with Crippen molar-refractivity contribution >= 4 is 16.8 Å². The molecule has 37 heavy (non-hydrogen) atoms. The van der Waals surface area contributed by atoms with E-state index in [1.165, 1.54) is 45.1 Å². The molecule has 1 saturated heterocycles. The van der Waals surface area contributed by atoms with E-state index < -0.39 is 0 Å². The highest BCUT2D eigenvalue weighted by Crippen LogP contribution is 2.30. The summed E-state index contributed by atoms with van der Waals surface area (Å²) in [6, 6.07) is 16.1. The van der Waals surface area contributed by atoms with E-state index in [1.54, 1.807) is 20.3 Å². The molecule has 2 aromatic carbocycles. The van der Waals surface area contributed by atoms with Gasteiger partial charge in [0.05, 0.1) is 19.7 Å². The maximum Gasteiger partial charge on any atom is 0.254 e. The summed E-state index contributed by atoms with van der Waals surface area (Å²) in [6.07, 6.45) is 11.1. The second-order valence-electron chi connectivity index (χ2n) is 10.6. The molecule has 6 nitrogen and oxygen atoms in total. The number of nitrogens with zero attached hydrogens (tertiary/aromatic N) is 3. The summed E-state index contributed by atoms with van der Waals surface area (Å²) in [7, 11) is 3.21. The number of ether oxygens (including phenoxy) is 2. The van der Waals surface area contributed by atoms with Crippen LogP contribution in [0.4, 0.5) is 0 Å². The number of methoxy groups -OCH3 is 2. The Hall–Kier alpha value is -3.12. The van der Waals surface area contributed by atoms with Crippen molar-refractivity contribution in [3.8, 4) is 11.5 Å². The number of rotatable bonds is 9. The minimum absolute atomic E-state index is 0.0126. The number of para-hydroxylation sites is 1. The van der Waals surface area contributed by atoms with Gasteiger partial charge in [0.25, 0.3) is 5.91 Å². The van der Waals surface area contributed by atoms with E-state index in [0.717, 1.165) is 35.3 Å². The highest BCUT2D eigenvalue weighted by atomic mass is 16.5. The molecule has 1 aliphatic heterocycles. The van der Waals surface area contributed by atoms with Gasteiger partial charge in [-0.2, -0.15) is 0 Å². The largest absolute Gasteiger partial charge is 0.493 e. The Morgan fingerprint density at radius 1 is 0.973 bits per heavy atom. The number of carbonyl (C=O) groups excluding carboxylic acids is 1. The van der Waals surface area contributed by atoms with E-state index in [1.807, 2.05) is 41.4 Å². The quantitative estimate of drug-likeness (QED) is 0.363. The Labute approximate surface area is 220 Å². The van der Waals surface area contributed by atoms with Crippen LogP contribution in [0.3, 0.4) is 0 Å². The second-order valence-corrected chi connectivity index (χ2v) is 10.6. The molecule has 2 heterocycles. The molecule has 0 N–H and O–H groups in total. The van der Waals surface area contributed by atoms with Gasteiger partial charge in [0.15, 0.2) is 11.5 Å². The fourth-order valence-corrected chi connectivity index (χ4v) is 6.09. The van der Waals surface area contributed by atoms with Crippen molar-refractivity contribution in [2.24, 2.45) is 5.92 Å². The van der Waals surface area contributed by atoms with Gasteiger partial charge in [0, 0.05) is 42.8 Å². The van der Waals surface area contributed by atoms with Crippen LogP contribution in [-0.2, 0) is 6.54 Å². The molecule has 1 aromatic heterocycles. The molecule has 5 rings (SSSR count). The van der Waals surface area contributed by atoms with Crippen molar-refractivity contribution in [3.05, 3.63) is 65.9 Å². The minimum atomic E-state index is 0.0126. The van der Waals surface area contributed by atoms with Crippen LogP contribution in [0.15, 0.2) is 54.7 Å². The molecule has 1 unspecified atom stereocenters. The lowest BCUT2D eigenvalue weighted by atomic mass is 9.89. The fraction of sp³-hybridized carbons (Fsp3) is 0.484. The van der Waals surface area contributed by atoms with Crippen molar-refractivity contribution in [3.63, 3.8) is 0 Å². The summed E-state index contributed by atoms with van der Waals surface area (Å²) in [5, 5.41) is 1.10. The first kappa shape index (κ1) is 25.5. The maximum atomic E-state index is 14.0. The van der Waals surface area contributed by atoms with E-state index in [-0.39, 0.29) is 5.91 Å². The smallest absolute Gasteiger partial charge is 0.254 e. The highest BCUT2D eigenvalue weighted by molar-refractivity contribution is 5.95. The van der Waals surface area contributed by atoms with Crippen molar-refractivity contribution in [1.29, 1.82) is 0 Å². The third-order valence-electron chi connectivity index (χ3n) is 8.09. The fourth-order valence-electron chi connectivity index (χ4n) is 6.09. The standard InChI is InChI=1S/C31H39N3O3/c1-36-29-15-14-26(18-30(29)37-2)31(35)34(21-24-17-25-11-6-7-13-28(25)32-19-24)22-27-12-8-16-33(27)20-23-9-4-3-5-10-23/h6-7,11,13-15,17-19,23,27H,3-5,8-10,12,16,20-22H2,1-2H3. The molecule has 2 aliphatic rings. The average molecular weight is 502 g/mol. The Morgan fingerprint density at radius 3 is 2.59 bits per heavy atom. The van der Waals surface area contributed by atoms with Gasteiger partial charge >= 0.3 is 0 Å². The number of fused-ring (bicyclic) bond motifs is 1. The zero-order valence-corrected chi connectivity index (χ0v) is 22.2. The van der Waals surface area contributed by atoms with Crippen LogP contribution >= 0.6 is 0 Å². The summed E-state index contributed by atoms with van der Waals surface area (Å²) < 4.78 is 10.9. The van der Waals surface area contributed by atoms with E-state index in [4.69, 9.17) is 9.47 Å². The van der Waals surface area contributed by atoms with E-state index >= 15 is 0 Å². The Bertz CT molecular complexity index is 1210. The molecule has 3 aromatic rings. The number of aromatic nitrogens is 1. The van der Waals surface area contributed by atoms with Crippen LogP contribution in [0.5, 0.6) is 11.5 Å². The molecule has 196 valence electrons. The number of amides is 1.